The van der Waals surface area contributed by atoms with Gasteiger partial charge in [-0.1, -0.05) is 19.8 Å². The molecule has 0 aromatic carbocycles. The fourth-order valence-corrected chi connectivity index (χ4v) is 4.24. The second kappa shape index (κ2) is 9.22. The molecule has 0 aliphatic heterocycles. The van der Waals surface area contributed by atoms with Crippen LogP contribution in [-0.2, 0) is 4.79 Å². The standard InChI is InChI=1S/C19H32N4OS/c1-5-20-18(21-12-15(2)16-8-11-25-13-16)22-14-19(9-6-7-10-19)17(24)23(3)4/h8,11,13,15H,5-7,9-10,12,14H2,1-4H3,(H2,20,21,22). The Morgan fingerprint density at radius 1 is 1.36 bits per heavy atom. The number of carbonyl (C=O) groups excluding carboxylic acids is 1. The van der Waals surface area contributed by atoms with Gasteiger partial charge in [0, 0.05) is 27.2 Å². The van der Waals surface area contributed by atoms with E-state index >= 15 is 0 Å². The summed E-state index contributed by atoms with van der Waals surface area (Å²) < 4.78 is 0. The number of nitrogens with one attached hydrogen (secondary N) is 2. The number of rotatable bonds is 7. The highest BCUT2D eigenvalue weighted by molar-refractivity contribution is 7.07. The first-order chi connectivity index (χ1) is 12.0. The van der Waals surface area contributed by atoms with E-state index in [-0.39, 0.29) is 11.3 Å². The quantitative estimate of drug-likeness (QED) is 0.577. The third-order valence-corrected chi connectivity index (χ3v) is 5.69. The molecule has 1 saturated carbocycles. The van der Waals surface area contributed by atoms with Crippen LogP contribution in [0.15, 0.2) is 21.8 Å². The van der Waals surface area contributed by atoms with Crippen molar-refractivity contribution < 1.29 is 4.79 Å². The Morgan fingerprint density at radius 2 is 2.08 bits per heavy atom. The van der Waals surface area contributed by atoms with Crippen molar-refractivity contribution in [1.82, 2.24) is 15.5 Å². The Labute approximate surface area is 155 Å². The van der Waals surface area contributed by atoms with Gasteiger partial charge in [-0.05, 0) is 48.1 Å². The molecule has 1 amide bonds. The lowest BCUT2D eigenvalue weighted by Gasteiger charge is -2.29. The van der Waals surface area contributed by atoms with Crippen LogP contribution in [0.3, 0.4) is 0 Å². The van der Waals surface area contributed by atoms with E-state index in [2.05, 4.69) is 41.3 Å². The Morgan fingerprint density at radius 3 is 2.64 bits per heavy atom. The SMILES string of the molecule is CCNC(=NCC1(C(=O)N(C)C)CCCC1)NCC(C)c1ccsc1. The van der Waals surface area contributed by atoms with Gasteiger partial charge in [0.2, 0.25) is 5.91 Å². The minimum Gasteiger partial charge on any atom is -0.357 e. The highest BCUT2D eigenvalue weighted by Gasteiger charge is 2.42. The van der Waals surface area contributed by atoms with Crippen molar-refractivity contribution in [1.29, 1.82) is 0 Å². The third kappa shape index (κ3) is 5.21. The number of aliphatic imine (C=N–C) groups is 1. The van der Waals surface area contributed by atoms with Crippen LogP contribution in [-0.4, -0.2) is 50.5 Å². The molecule has 0 bridgehead atoms. The molecule has 1 aliphatic carbocycles. The van der Waals surface area contributed by atoms with Crippen LogP contribution in [0.5, 0.6) is 0 Å². The van der Waals surface area contributed by atoms with Crippen molar-refractivity contribution in [2.45, 2.75) is 45.4 Å². The molecule has 140 valence electrons. The summed E-state index contributed by atoms with van der Waals surface area (Å²) in [6.45, 7) is 6.49. The fraction of sp³-hybridized carbons (Fsp3) is 0.684. The van der Waals surface area contributed by atoms with Crippen LogP contribution in [0, 0.1) is 5.41 Å². The topological polar surface area (TPSA) is 56.7 Å². The van der Waals surface area contributed by atoms with Crippen LogP contribution in [0.1, 0.15) is 51.0 Å². The summed E-state index contributed by atoms with van der Waals surface area (Å²) in [5.41, 5.74) is 1.04. The molecular weight excluding hydrogens is 332 g/mol. The van der Waals surface area contributed by atoms with Crippen LogP contribution in [0.2, 0.25) is 0 Å². The van der Waals surface area contributed by atoms with E-state index in [9.17, 15) is 4.79 Å². The second-order valence-corrected chi connectivity index (χ2v) is 8.00. The lowest BCUT2D eigenvalue weighted by atomic mass is 9.85. The zero-order valence-corrected chi connectivity index (χ0v) is 16.8. The molecule has 1 aromatic rings. The van der Waals surface area contributed by atoms with Crippen molar-refractivity contribution in [3.63, 3.8) is 0 Å². The van der Waals surface area contributed by atoms with Crippen molar-refractivity contribution in [3.8, 4) is 0 Å². The Balaban J connectivity index is 2.01. The monoisotopic (exact) mass is 364 g/mol. The van der Waals surface area contributed by atoms with Crippen molar-refractivity contribution in [3.05, 3.63) is 22.4 Å². The van der Waals surface area contributed by atoms with Gasteiger partial charge in [0.1, 0.15) is 0 Å². The number of nitrogens with zero attached hydrogens (tertiary/aromatic N) is 2. The molecule has 5 nitrogen and oxygen atoms in total. The smallest absolute Gasteiger partial charge is 0.230 e. The first kappa shape index (κ1) is 19.8. The highest BCUT2D eigenvalue weighted by atomic mass is 32.1. The number of amides is 1. The highest BCUT2D eigenvalue weighted by Crippen LogP contribution is 2.39. The summed E-state index contributed by atoms with van der Waals surface area (Å²) in [6.07, 6.45) is 4.12. The lowest BCUT2D eigenvalue weighted by molar-refractivity contribution is -0.138. The molecule has 0 spiro atoms. The van der Waals surface area contributed by atoms with Gasteiger partial charge in [0.05, 0.1) is 12.0 Å². The average molecular weight is 365 g/mol. The van der Waals surface area contributed by atoms with Gasteiger partial charge in [0.25, 0.3) is 0 Å². The van der Waals surface area contributed by atoms with Gasteiger partial charge in [-0.2, -0.15) is 11.3 Å². The van der Waals surface area contributed by atoms with E-state index in [0.29, 0.717) is 12.5 Å². The third-order valence-electron chi connectivity index (χ3n) is 4.99. The predicted octanol–water partition coefficient (Wildman–Crippen LogP) is 3.06. The number of thiophene rings is 1. The van der Waals surface area contributed by atoms with Crippen molar-refractivity contribution in [2.75, 3.05) is 33.7 Å². The van der Waals surface area contributed by atoms with E-state index in [4.69, 9.17) is 4.99 Å². The first-order valence-corrected chi connectivity index (χ1v) is 10.2. The van der Waals surface area contributed by atoms with Gasteiger partial charge < -0.3 is 15.5 Å². The summed E-state index contributed by atoms with van der Waals surface area (Å²) in [5.74, 6) is 1.46. The summed E-state index contributed by atoms with van der Waals surface area (Å²) in [5, 5.41) is 11.1. The van der Waals surface area contributed by atoms with Crippen LogP contribution in [0.4, 0.5) is 0 Å². The van der Waals surface area contributed by atoms with Crippen LogP contribution < -0.4 is 10.6 Å². The van der Waals surface area contributed by atoms with Crippen molar-refractivity contribution >= 4 is 23.2 Å². The van der Waals surface area contributed by atoms with Crippen molar-refractivity contribution in [2.24, 2.45) is 10.4 Å². The van der Waals surface area contributed by atoms with Crippen LogP contribution >= 0.6 is 11.3 Å². The molecule has 25 heavy (non-hydrogen) atoms. The molecule has 1 aliphatic rings. The molecule has 0 saturated heterocycles. The minimum absolute atomic E-state index is 0.219. The first-order valence-electron chi connectivity index (χ1n) is 9.24. The van der Waals surface area contributed by atoms with Gasteiger partial charge in [-0.25, -0.2) is 0 Å². The molecule has 1 atom stereocenters. The largest absolute Gasteiger partial charge is 0.357 e. The molecule has 1 fully saturated rings. The van der Waals surface area contributed by atoms with Gasteiger partial charge in [-0.15, -0.1) is 0 Å². The van der Waals surface area contributed by atoms with E-state index in [1.54, 1.807) is 16.2 Å². The minimum atomic E-state index is -0.315. The summed E-state index contributed by atoms with van der Waals surface area (Å²) in [6, 6.07) is 2.17. The Kier molecular flexibility index (Phi) is 7.29. The number of hydrogen-bond donors (Lipinski definition) is 2. The maximum Gasteiger partial charge on any atom is 0.230 e. The van der Waals surface area contributed by atoms with E-state index in [0.717, 1.165) is 44.7 Å². The normalized spacial score (nSPS) is 18.0. The summed E-state index contributed by atoms with van der Waals surface area (Å²) in [7, 11) is 3.69. The Hall–Kier alpha value is -1.56. The molecule has 0 radical (unpaired) electrons. The molecular formula is C19H32N4OS. The maximum atomic E-state index is 12.7. The fourth-order valence-electron chi connectivity index (χ4n) is 3.46. The van der Waals surface area contributed by atoms with Gasteiger partial charge in [0.15, 0.2) is 5.96 Å². The van der Waals surface area contributed by atoms with Gasteiger partial charge in [-0.3, -0.25) is 9.79 Å². The predicted molar refractivity (Wildman–Crippen MR) is 106 cm³/mol. The van der Waals surface area contributed by atoms with E-state index in [1.165, 1.54) is 5.56 Å². The van der Waals surface area contributed by atoms with Crippen LogP contribution in [0.25, 0.3) is 0 Å². The summed E-state index contributed by atoms with van der Waals surface area (Å²) in [4.78, 5) is 19.2. The maximum absolute atomic E-state index is 12.7. The van der Waals surface area contributed by atoms with E-state index < -0.39 is 0 Å². The molecule has 2 rings (SSSR count). The molecule has 6 heteroatoms. The molecule has 2 N–H and O–H groups in total. The molecule has 1 aromatic heterocycles. The molecule has 1 unspecified atom stereocenters. The number of carbonyl (C=O) groups is 1. The zero-order valence-electron chi connectivity index (χ0n) is 16.0. The van der Waals surface area contributed by atoms with Gasteiger partial charge >= 0.3 is 0 Å². The average Bonchev–Trinajstić information content (AvgIpc) is 3.28. The lowest BCUT2D eigenvalue weighted by Crippen LogP contribution is -2.43. The summed E-state index contributed by atoms with van der Waals surface area (Å²) >= 11 is 1.73. The number of guanidine groups is 1. The number of hydrogen-bond acceptors (Lipinski definition) is 3. The second-order valence-electron chi connectivity index (χ2n) is 7.22. The zero-order chi connectivity index (χ0) is 18.3. The molecule has 1 heterocycles. The van der Waals surface area contributed by atoms with E-state index in [1.807, 2.05) is 14.1 Å². The Bertz CT molecular complexity index is 562.